The quantitative estimate of drug-likeness (QED) is 0.864. The van der Waals surface area contributed by atoms with Gasteiger partial charge in [-0.15, -0.1) is 0 Å². The number of anilines is 1. The Bertz CT molecular complexity index is 637. The molecule has 8 heteroatoms. The summed E-state index contributed by atoms with van der Waals surface area (Å²) in [6, 6.07) is 4.33. The van der Waals surface area contributed by atoms with Gasteiger partial charge >= 0.3 is 6.18 Å². The van der Waals surface area contributed by atoms with Gasteiger partial charge in [0.2, 0.25) is 12.7 Å². The van der Waals surface area contributed by atoms with Crippen LogP contribution in [-0.2, 0) is 6.18 Å². The average molecular weight is 272 g/mol. The first-order chi connectivity index (χ1) is 8.97. The molecule has 2 aromatic rings. The van der Waals surface area contributed by atoms with Gasteiger partial charge < -0.3 is 19.7 Å². The highest BCUT2D eigenvalue weighted by Gasteiger charge is 2.40. The zero-order valence-electron chi connectivity index (χ0n) is 9.32. The Morgan fingerprint density at radius 3 is 2.63 bits per heavy atom. The Hall–Kier alpha value is -2.38. The number of fused-ring (bicyclic) bond motifs is 1. The van der Waals surface area contributed by atoms with Gasteiger partial charge in [-0.1, -0.05) is 5.16 Å². The van der Waals surface area contributed by atoms with Crippen LogP contribution in [0.2, 0.25) is 0 Å². The summed E-state index contributed by atoms with van der Waals surface area (Å²) in [4.78, 5) is 0. The van der Waals surface area contributed by atoms with E-state index in [2.05, 4.69) is 9.68 Å². The molecule has 5 nitrogen and oxygen atoms in total. The van der Waals surface area contributed by atoms with Crippen molar-refractivity contribution in [1.82, 2.24) is 5.16 Å². The lowest BCUT2D eigenvalue weighted by molar-refractivity contribution is -0.136. The molecule has 100 valence electrons. The van der Waals surface area contributed by atoms with E-state index in [4.69, 9.17) is 15.2 Å². The Kier molecular flexibility index (Phi) is 2.34. The summed E-state index contributed by atoms with van der Waals surface area (Å²) < 4.78 is 53.2. The van der Waals surface area contributed by atoms with Crippen molar-refractivity contribution in [3.63, 3.8) is 0 Å². The van der Waals surface area contributed by atoms with Gasteiger partial charge in [0.05, 0.1) is 0 Å². The molecule has 0 unspecified atom stereocenters. The molecule has 0 aliphatic carbocycles. The normalized spacial score (nSPS) is 13.8. The monoisotopic (exact) mass is 272 g/mol. The van der Waals surface area contributed by atoms with Gasteiger partial charge in [0.25, 0.3) is 0 Å². The molecule has 0 saturated heterocycles. The van der Waals surface area contributed by atoms with Crippen molar-refractivity contribution in [1.29, 1.82) is 0 Å². The van der Waals surface area contributed by atoms with Crippen LogP contribution in [0.25, 0.3) is 11.3 Å². The van der Waals surface area contributed by atoms with Crippen LogP contribution in [0.15, 0.2) is 22.7 Å². The van der Waals surface area contributed by atoms with Gasteiger partial charge in [-0.2, -0.15) is 13.2 Å². The molecule has 0 bridgehead atoms. The maximum atomic E-state index is 12.9. The van der Waals surface area contributed by atoms with Gasteiger partial charge in [0, 0.05) is 5.56 Å². The summed E-state index contributed by atoms with van der Waals surface area (Å²) in [6.07, 6.45) is -4.64. The van der Waals surface area contributed by atoms with Crippen LogP contribution < -0.4 is 15.2 Å². The van der Waals surface area contributed by atoms with E-state index in [-0.39, 0.29) is 18.1 Å². The molecule has 0 atom stereocenters. The van der Waals surface area contributed by atoms with Crippen LogP contribution in [0.4, 0.5) is 19.1 Å². The number of halogens is 3. The van der Waals surface area contributed by atoms with E-state index >= 15 is 0 Å². The molecule has 0 spiro atoms. The minimum absolute atomic E-state index is 0.0336. The Morgan fingerprint density at radius 1 is 1.16 bits per heavy atom. The molecular formula is C11H7F3N2O3. The second-order valence-electron chi connectivity index (χ2n) is 3.84. The first-order valence-electron chi connectivity index (χ1n) is 5.19. The van der Waals surface area contributed by atoms with Crippen molar-refractivity contribution in [2.45, 2.75) is 6.18 Å². The fraction of sp³-hybridized carbons (Fsp3) is 0.182. The third kappa shape index (κ3) is 1.85. The van der Waals surface area contributed by atoms with Crippen molar-refractivity contribution in [2.75, 3.05) is 12.5 Å². The summed E-state index contributed by atoms with van der Waals surface area (Å²) in [5.74, 6) is 0.0566. The smallest absolute Gasteiger partial charge is 0.423 e. The standard InChI is InChI=1S/C11H7F3N2O3/c12-11(13,14)8-9(16-19-10(8)15)5-1-2-6-7(3-5)18-4-17-6/h1-3H,4,15H2. The van der Waals surface area contributed by atoms with Gasteiger partial charge in [-0.25, -0.2) is 0 Å². The molecule has 0 saturated carbocycles. The molecule has 0 radical (unpaired) electrons. The Morgan fingerprint density at radius 2 is 1.89 bits per heavy atom. The topological polar surface area (TPSA) is 70.5 Å². The maximum Gasteiger partial charge on any atom is 0.423 e. The van der Waals surface area contributed by atoms with E-state index < -0.39 is 17.6 Å². The molecule has 1 aromatic heterocycles. The molecule has 1 aromatic carbocycles. The van der Waals surface area contributed by atoms with Crippen molar-refractivity contribution in [2.24, 2.45) is 0 Å². The van der Waals surface area contributed by atoms with E-state index in [9.17, 15) is 13.2 Å². The lowest BCUT2D eigenvalue weighted by Crippen LogP contribution is -2.08. The fourth-order valence-corrected chi connectivity index (χ4v) is 1.82. The number of aromatic nitrogens is 1. The van der Waals surface area contributed by atoms with Crippen LogP contribution in [0.3, 0.4) is 0 Å². The van der Waals surface area contributed by atoms with E-state index in [1.807, 2.05) is 0 Å². The number of rotatable bonds is 1. The molecule has 0 fully saturated rings. The first kappa shape index (κ1) is 11.7. The SMILES string of the molecule is Nc1onc(-c2ccc3c(c2)OCO3)c1C(F)(F)F. The van der Waals surface area contributed by atoms with Gasteiger partial charge in [-0.05, 0) is 18.2 Å². The molecule has 0 amide bonds. The zero-order chi connectivity index (χ0) is 13.6. The van der Waals surface area contributed by atoms with Crippen LogP contribution in [-0.4, -0.2) is 11.9 Å². The van der Waals surface area contributed by atoms with Crippen molar-refractivity contribution in [3.05, 3.63) is 23.8 Å². The van der Waals surface area contributed by atoms with E-state index in [1.165, 1.54) is 18.2 Å². The van der Waals surface area contributed by atoms with Crippen LogP contribution >= 0.6 is 0 Å². The largest absolute Gasteiger partial charge is 0.454 e. The highest BCUT2D eigenvalue weighted by molar-refractivity contribution is 5.70. The zero-order valence-corrected chi connectivity index (χ0v) is 9.32. The fourth-order valence-electron chi connectivity index (χ4n) is 1.82. The number of hydrogen-bond donors (Lipinski definition) is 1. The minimum atomic E-state index is -4.64. The average Bonchev–Trinajstić information content (AvgIpc) is 2.92. The lowest BCUT2D eigenvalue weighted by Gasteiger charge is -2.06. The predicted molar refractivity (Wildman–Crippen MR) is 57.5 cm³/mol. The summed E-state index contributed by atoms with van der Waals surface area (Å²) >= 11 is 0. The highest BCUT2D eigenvalue weighted by atomic mass is 19.4. The Balaban J connectivity index is 2.13. The minimum Gasteiger partial charge on any atom is -0.454 e. The lowest BCUT2D eigenvalue weighted by atomic mass is 10.1. The molecule has 1 aliphatic heterocycles. The Labute approximate surface area is 104 Å². The number of nitrogens with two attached hydrogens (primary N) is 1. The van der Waals surface area contributed by atoms with Crippen LogP contribution in [0.1, 0.15) is 5.56 Å². The predicted octanol–water partition coefficient (Wildman–Crippen LogP) is 2.67. The summed E-state index contributed by atoms with van der Waals surface area (Å²) in [6.45, 7) is 0.0336. The third-order valence-corrected chi connectivity index (χ3v) is 2.65. The molecule has 1 aliphatic rings. The highest BCUT2D eigenvalue weighted by Crippen LogP contribution is 2.42. The molecule has 19 heavy (non-hydrogen) atoms. The summed E-state index contributed by atoms with van der Waals surface area (Å²) in [7, 11) is 0. The van der Waals surface area contributed by atoms with E-state index in [1.54, 1.807) is 0 Å². The van der Waals surface area contributed by atoms with Gasteiger partial charge in [-0.3, -0.25) is 0 Å². The van der Waals surface area contributed by atoms with Crippen molar-refractivity contribution < 1.29 is 27.2 Å². The first-order valence-corrected chi connectivity index (χ1v) is 5.19. The van der Waals surface area contributed by atoms with E-state index in [0.717, 1.165) is 0 Å². The second kappa shape index (κ2) is 3.81. The van der Waals surface area contributed by atoms with Gasteiger partial charge in [0.15, 0.2) is 11.5 Å². The maximum absolute atomic E-state index is 12.9. The molecular weight excluding hydrogens is 265 g/mol. The van der Waals surface area contributed by atoms with Crippen molar-refractivity contribution in [3.8, 4) is 22.8 Å². The number of nitrogens with zero attached hydrogens (tertiary/aromatic N) is 1. The van der Waals surface area contributed by atoms with Crippen molar-refractivity contribution >= 4 is 5.88 Å². The molecule has 3 rings (SSSR count). The number of alkyl halides is 3. The third-order valence-electron chi connectivity index (χ3n) is 2.65. The number of nitrogen functional groups attached to an aromatic ring is 1. The molecule has 2 N–H and O–H groups in total. The number of ether oxygens (including phenoxy) is 2. The molecule has 2 heterocycles. The summed E-state index contributed by atoms with van der Waals surface area (Å²) in [5, 5.41) is 3.36. The summed E-state index contributed by atoms with van der Waals surface area (Å²) in [5.41, 5.74) is 3.90. The van der Waals surface area contributed by atoms with E-state index in [0.29, 0.717) is 11.5 Å². The second-order valence-corrected chi connectivity index (χ2v) is 3.84. The number of benzene rings is 1. The number of hydrogen-bond acceptors (Lipinski definition) is 5. The van der Waals surface area contributed by atoms with Crippen LogP contribution in [0, 0.1) is 0 Å². The van der Waals surface area contributed by atoms with Gasteiger partial charge in [0.1, 0.15) is 11.3 Å². The van der Waals surface area contributed by atoms with Crippen LogP contribution in [0.5, 0.6) is 11.5 Å².